The maximum absolute atomic E-state index is 14.5. The number of fused-ring (bicyclic) bond motifs is 4. The first-order chi connectivity index (χ1) is 30.3. The number of amides is 1. The summed E-state index contributed by atoms with van der Waals surface area (Å²) in [6, 6.07) is 3.67. The number of carbonyl (C=O) groups is 2. The van der Waals surface area contributed by atoms with E-state index in [4.69, 9.17) is 23.6 Å². The van der Waals surface area contributed by atoms with E-state index in [1.807, 2.05) is 0 Å². The van der Waals surface area contributed by atoms with Gasteiger partial charge in [0.2, 0.25) is 5.43 Å². The van der Waals surface area contributed by atoms with Crippen molar-refractivity contribution < 1.29 is 53.7 Å². The number of nitrogens with one attached hydrogen (secondary N) is 1. The number of piperazine rings is 1. The standard InChI is InChI=1S/C48H60N4O12/c1-21-11-10-12-22(2)47(60)50-38-43(58)34-33(37-45(38)63-32-18-29(17-30(53)36(32)49-37)52-27-13-14-28(52)20-51(8)19-27)35-44(26(6)42(34)57)64-48(7,46(35)59)62-16-15-31(61-9)23(3)40(55)25(5)41(56)24(4)39(21)54/h10-12,15-18,21,23-25,27-28,31,33-34,39-41,54-56,58-59H,13-14,19-20H2,1-9H3,(H,50,60)/b11-10+,16-15+,22-12-/t21-,23+,24+,25-,27?,28?,31-,33?,34?,39-,40+,41+,48-/m0/s1. The number of rotatable bonds is 2. The Balaban J connectivity index is 1.29. The fourth-order valence-electron chi connectivity index (χ4n) is 10.6. The molecule has 3 aliphatic carbocycles. The van der Waals surface area contributed by atoms with Crippen LogP contribution in [0.2, 0.25) is 0 Å². The Kier molecular flexibility index (Phi) is 12.0. The van der Waals surface area contributed by atoms with E-state index in [-0.39, 0.29) is 63.2 Å². The van der Waals surface area contributed by atoms with Gasteiger partial charge < -0.3 is 59.3 Å². The molecule has 6 bridgehead atoms. The predicted molar refractivity (Wildman–Crippen MR) is 236 cm³/mol. The van der Waals surface area contributed by atoms with E-state index in [2.05, 4.69) is 22.2 Å². The number of allylic oxidation sites excluding steroid dienone is 5. The molecule has 2 fully saturated rings. The molecule has 5 heterocycles. The number of hydrogen-bond donors (Lipinski definition) is 6. The summed E-state index contributed by atoms with van der Waals surface area (Å²) in [5.74, 6) is -9.31. The molecule has 0 saturated carbocycles. The van der Waals surface area contributed by atoms with Gasteiger partial charge in [0, 0.05) is 91.8 Å². The van der Waals surface area contributed by atoms with E-state index in [9.17, 15) is 39.9 Å². The summed E-state index contributed by atoms with van der Waals surface area (Å²) in [5.41, 5.74) is 0.296. The maximum Gasteiger partial charge on any atom is 0.306 e. The van der Waals surface area contributed by atoms with Gasteiger partial charge in [0.25, 0.3) is 5.91 Å². The molecular weight excluding hydrogens is 825 g/mol. The van der Waals surface area contributed by atoms with Crippen molar-refractivity contribution in [2.24, 2.45) is 29.6 Å². The molecule has 16 heteroatoms. The first kappa shape index (κ1) is 45.3. The SMILES string of the molecule is CO[C@H]1/C=C/O[C@@]2(C)OC3=C(C)C(=O)C4C(O)=C(NC(=O)/C(C)=C\C=C\[C@H](C)[C@H](O)[C@@H](C)[C@@H](O)[C@@H](C)[C@H](O)[C@@H]1C)c1oc5cc(N6C7CCC6CN(C)C7)cc(=O)c-5nc1C4C3=C2O. The minimum Gasteiger partial charge on any atom is -0.509 e. The van der Waals surface area contributed by atoms with Gasteiger partial charge in [-0.3, -0.25) is 14.4 Å². The van der Waals surface area contributed by atoms with E-state index >= 15 is 0 Å². The highest BCUT2D eigenvalue weighted by Crippen LogP contribution is 2.56. The molecule has 13 atom stereocenters. The van der Waals surface area contributed by atoms with Crippen molar-refractivity contribution in [3.8, 4) is 11.5 Å². The molecule has 4 unspecified atom stereocenters. The lowest BCUT2D eigenvalue weighted by atomic mass is 9.69. The van der Waals surface area contributed by atoms with Gasteiger partial charge in [-0.1, -0.05) is 45.9 Å². The monoisotopic (exact) mass is 884 g/mol. The molecule has 0 spiro atoms. The van der Waals surface area contributed by atoms with Crippen LogP contribution < -0.4 is 15.6 Å². The Labute approximate surface area is 372 Å². The summed E-state index contributed by atoms with van der Waals surface area (Å²) in [7, 11) is 3.54. The largest absolute Gasteiger partial charge is 0.509 e. The van der Waals surface area contributed by atoms with Gasteiger partial charge in [-0.15, -0.1) is 0 Å². The Morgan fingerprint density at radius 3 is 2.23 bits per heavy atom. The van der Waals surface area contributed by atoms with Gasteiger partial charge in [0.05, 0.1) is 53.8 Å². The molecule has 6 N–H and O–H groups in total. The van der Waals surface area contributed by atoms with Gasteiger partial charge in [-0.25, -0.2) is 4.98 Å². The zero-order valence-electron chi connectivity index (χ0n) is 37.7. The number of carbonyl (C=O) groups excluding carboxylic acids is 2. The predicted octanol–water partition coefficient (Wildman–Crippen LogP) is 4.58. The van der Waals surface area contributed by atoms with Crippen LogP contribution >= 0.6 is 0 Å². The minimum absolute atomic E-state index is 0.00453. The number of hydrogen-bond acceptors (Lipinski definition) is 15. The summed E-state index contributed by atoms with van der Waals surface area (Å²) in [6.07, 6.45) is 5.55. The Hall–Kier alpha value is -5.26. The van der Waals surface area contributed by atoms with Crippen LogP contribution in [0, 0.1) is 29.6 Å². The van der Waals surface area contributed by atoms with Crippen molar-refractivity contribution in [3.63, 3.8) is 0 Å². The quantitative estimate of drug-likeness (QED) is 0.243. The number of ether oxygens (including phenoxy) is 3. The molecule has 5 aliphatic heterocycles. The fraction of sp³-hybridized carbons (Fsp3) is 0.542. The summed E-state index contributed by atoms with van der Waals surface area (Å²) < 4.78 is 24.7. The van der Waals surface area contributed by atoms with Crippen LogP contribution in [0.3, 0.4) is 0 Å². The van der Waals surface area contributed by atoms with Crippen molar-refractivity contribution in [2.75, 3.05) is 32.1 Å². The molecule has 344 valence electrons. The number of likely N-dealkylation sites (tertiary alicyclic amines) is 1. The van der Waals surface area contributed by atoms with Crippen molar-refractivity contribution in [1.29, 1.82) is 0 Å². The van der Waals surface area contributed by atoms with Gasteiger partial charge in [0.15, 0.2) is 28.8 Å². The number of ketones is 1. The fourth-order valence-corrected chi connectivity index (χ4v) is 10.6. The summed E-state index contributed by atoms with van der Waals surface area (Å²) in [4.78, 5) is 52.0. The van der Waals surface area contributed by atoms with Crippen LogP contribution in [0.4, 0.5) is 5.69 Å². The van der Waals surface area contributed by atoms with Crippen molar-refractivity contribution in [1.82, 2.24) is 15.2 Å². The molecule has 64 heavy (non-hydrogen) atoms. The zero-order chi connectivity index (χ0) is 46.3. The number of aromatic nitrogens is 1. The van der Waals surface area contributed by atoms with Gasteiger partial charge >= 0.3 is 5.79 Å². The van der Waals surface area contributed by atoms with Crippen LogP contribution in [-0.4, -0.2) is 117 Å². The molecule has 0 aromatic heterocycles. The molecule has 8 rings (SSSR count). The number of anilines is 1. The smallest absolute Gasteiger partial charge is 0.306 e. The number of benzene rings is 1. The van der Waals surface area contributed by atoms with Crippen LogP contribution in [0.1, 0.15) is 78.7 Å². The van der Waals surface area contributed by atoms with E-state index in [1.54, 1.807) is 58.9 Å². The molecule has 0 aromatic carbocycles. The minimum atomic E-state index is -1.92. The van der Waals surface area contributed by atoms with Crippen LogP contribution in [0.5, 0.6) is 0 Å². The normalized spacial score (nSPS) is 38.1. The molecule has 2 saturated heterocycles. The number of likely N-dealkylation sites (N-methyl/N-ethyl adjacent to an activating group) is 1. The third-order valence-corrected chi connectivity index (χ3v) is 14.5. The summed E-state index contributed by atoms with van der Waals surface area (Å²) in [6.45, 7) is 13.1. The first-order valence-electron chi connectivity index (χ1n) is 22.1. The second kappa shape index (κ2) is 16.9. The second-order valence-electron chi connectivity index (χ2n) is 18.8. The first-order valence-corrected chi connectivity index (χ1v) is 22.1. The van der Waals surface area contributed by atoms with Crippen LogP contribution in [0.15, 0.2) is 85.9 Å². The average molecular weight is 885 g/mol. The lowest BCUT2D eigenvalue weighted by Crippen LogP contribution is -2.52. The van der Waals surface area contributed by atoms with Gasteiger partial charge in [0.1, 0.15) is 17.2 Å². The maximum atomic E-state index is 14.5. The molecule has 8 aliphatic rings. The highest BCUT2D eigenvalue weighted by molar-refractivity contribution is 6.05. The third kappa shape index (κ3) is 7.46. The lowest BCUT2D eigenvalue weighted by Gasteiger charge is -2.41. The van der Waals surface area contributed by atoms with Gasteiger partial charge in [-0.2, -0.15) is 0 Å². The number of aliphatic hydroxyl groups is 5. The molecule has 0 aromatic rings. The Bertz CT molecular complexity index is 2440. The zero-order valence-corrected chi connectivity index (χ0v) is 37.7. The van der Waals surface area contributed by atoms with Crippen molar-refractivity contribution in [3.05, 3.63) is 98.4 Å². The van der Waals surface area contributed by atoms with Crippen molar-refractivity contribution >= 4 is 23.1 Å². The highest BCUT2D eigenvalue weighted by Gasteiger charge is 2.58. The lowest BCUT2D eigenvalue weighted by molar-refractivity contribution is -0.146. The van der Waals surface area contributed by atoms with Crippen molar-refractivity contribution in [2.45, 2.75) is 110 Å². The molecule has 16 nitrogen and oxygen atoms in total. The van der Waals surface area contributed by atoms with Crippen LogP contribution in [-0.2, 0) is 23.8 Å². The second-order valence-corrected chi connectivity index (χ2v) is 18.8. The molecular formula is C48H60N4O12. The molecule has 1 amide bonds. The summed E-state index contributed by atoms with van der Waals surface area (Å²) in [5, 5.41) is 61.3. The number of methoxy groups -OCH3 is 1. The molecule has 0 radical (unpaired) electrons. The Morgan fingerprint density at radius 2 is 1.56 bits per heavy atom. The number of Topliss-reactive ketones (excluding diaryl/α,β-unsaturated/α-hetero) is 1. The van der Waals surface area contributed by atoms with E-state index < -0.39 is 94.3 Å². The van der Waals surface area contributed by atoms with Gasteiger partial charge in [-0.05, 0) is 39.8 Å². The van der Waals surface area contributed by atoms with E-state index in [1.165, 1.54) is 39.4 Å². The number of nitrogens with zero attached hydrogens (tertiary/aromatic N) is 3. The van der Waals surface area contributed by atoms with E-state index in [0.717, 1.165) is 25.9 Å². The Morgan fingerprint density at radius 1 is 0.906 bits per heavy atom. The third-order valence-electron chi connectivity index (χ3n) is 14.5. The number of aliphatic hydroxyl groups excluding tert-OH is 5. The highest BCUT2D eigenvalue weighted by atomic mass is 16.7. The average Bonchev–Trinajstić information content (AvgIpc) is 3.70. The van der Waals surface area contributed by atoms with E-state index in [0.29, 0.717) is 5.69 Å². The van der Waals surface area contributed by atoms with Crippen LogP contribution in [0.25, 0.3) is 17.2 Å². The topological polar surface area (TPSA) is 225 Å². The summed E-state index contributed by atoms with van der Waals surface area (Å²) >= 11 is 0.